The van der Waals surface area contributed by atoms with Crippen LogP contribution in [-0.4, -0.2) is 27.1 Å². The summed E-state index contributed by atoms with van der Waals surface area (Å²) in [6, 6.07) is 3.66. The molecule has 0 N–H and O–H groups in total. The van der Waals surface area contributed by atoms with Crippen LogP contribution in [0.15, 0.2) is 28.9 Å². The molecule has 0 amide bonds. The van der Waals surface area contributed by atoms with Gasteiger partial charge in [-0.2, -0.15) is 13.2 Å². The maximum absolute atomic E-state index is 12.3. The predicted molar refractivity (Wildman–Crippen MR) is 58.7 cm³/mol. The summed E-state index contributed by atoms with van der Waals surface area (Å²) in [7, 11) is 1.74. The summed E-state index contributed by atoms with van der Waals surface area (Å²) < 4.78 is 41.4. The summed E-state index contributed by atoms with van der Waals surface area (Å²) in [4.78, 5) is 5.71. The van der Waals surface area contributed by atoms with Crippen LogP contribution in [0.4, 0.5) is 13.2 Å². The third-order valence-corrected chi connectivity index (χ3v) is 2.29. The van der Waals surface area contributed by atoms with Gasteiger partial charge in [0, 0.05) is 18.9 Å². The first-order valence-corrected chi connectivity index (χ1v) is 5.42. The van der Waals surface area contributed by atoms with Gasteiger partial charge in [-0.05, 0) is 18.7 Å². The normalized spacial score (nSPS) is 12.1. The highest BCUT2D eigenvalue weighted by atomic mass is 19.4. The highest BCUT2D eigenvalue weighted by Gasteiger charge is 2.38. The molecule has 0 aliphatic heterocycles. The molecule has 2 aromatic rings. The molecule has 0 fully saturated rings. The molecule has 102 valence electrons. The Bertz CT molecular complexity index is 526. The summed E-state index contributed by atoms with van der Waals surface area (Å²) in [6.07, 6.45) is -1.27. The monoisotopic (exact) mass is 272 g/mol. The van der Waals surface area contributed by atoms with Crippen LogP contribution in [0.5, 0.6) is 0 Å². The van der Waals surface area contributed by atoms with Crippen molar-refractivity contribution in [3.8, 4) is 0 Å². The van der Waals surface area contributed by atoms with Gasteiger partial charge in [0.05, 0.1) is 6.54 Å². The molecular formula is C11H11F3N4O. The number of hydrogen-bond acceptors (Lipinski definition) is 5. The molecule has 2 rings (SSSR count). The average Bonchev–Trinajstić information content (AvgIpc) is 2.78. The second kappa shape index (κ2) is 5.35. The van der Waals surface area contributed by atoms with Gasteiger partial charge in [-0.1, -0.05) is 6.07 Å². The molecule has 0 saturated heterocycles. The summed E-state index contributed by atoms with van der Waals surface area (Å²) in [5, 5.41) is 6.34. The molecule has 0 radical (unpaired) electrons. The summed E-state index contributed by atoms with van der Waals surface area (Å²) >= 11 is 0. The summed E-state index contributed by atoms with van der Waals surface area (Å²) in [5.74, 6) is -1.39. The van der Waals surface area contributed by atoms with E-state index in [1.54, 1.807) is 30.4 Å². The van der Waals surface area contributed by atoms with Crippen LogP contribution in [-0.2, 0) is 19.3 Å². The smallest absolute Gasteiger partial charge is 0.416 e. The Hall–Kier alpha value is -1.96. The maximum Gasteiger partial charge on any atom is 0.470 e. The topological polar surface area (TPSA) is 55.1 Å². The third-order valence-electron chi connectivity index (χ3n) is 2.29. The molecular weight excluding hydrogens is 261 g/mol. The molecule has 0 aliphatic carbocycles. The fourth-order valence-corrected chi connectivity index (χ4v) is 1.52. The lowest BCUT2D eigenvalue weighted by Gasteiger charge is -2.13. The Morgan fingerprint density at radius 2 is 2.05 bits per heavy atom. The van der Waals surface area contributed by atoms with Crippen LogP contribution >= 0.6 is 0 Å². The van der Waals surface area contributed by atoms with Crippen molar-refractivity contribution in [2.24, 2.45) is 0 Å². The van der Waals surface area contributed by atoms with E-state index in [9.17, 15) is 13.2 Å². The minimum Gasteiger partial charge on any atom is -0.416 e. The van der Waals surface area contributed by atoms with E-state index in [0.717, 1.165) is 5.56 Å². The molecule has 0 aromatic carbocycles. The van der Waals surface area contributed by atoms with Crippen molar-refractivity contribution in [2.45, 2.75) is 19.3 Å². The second-order valence-corrected chi connectivity index (χ2v) is 4.03. The van der Waals surface area contributed by atoms with Crippen molar-refractivity contribution >= 4 is 0 Å². The van der Waals surface area contributed by atoms with Crippen molar-refractivity contribution in [3.05, 3.63) is 41.9 Å². The van der Waals surface area contributed by atoms with Crippen molar-refractivity contribution in [1.82, 2.24) is 20.1 Å². The van der Waals surface area contributed by atoms with E-state index in [-0.39, 0.29) is 12.4 Å². The Labute approximate surface area is 107 Å². The lowest BCUT2D eigenvalue weighted by Crippen LogP contribution is -2.17. The fraction of sp³-hybridized carbons (Fsp3) is 0.364. The molecule has 2 aromatic heterocycles. The van der Waals surface area contributed by atoms with E-state index in [0.29, 0.717) is 6.54 Å². The fourth-order valence-electron chi connectivity index (χ4n) is 1.52. The lowest BCUT2D eigenvalue weighted by molar-refractivity contribution is -0.157. The number of alkyl halides is 3. The average molecular weight is 272 g/mol. The second-order valence-electron chi connectivity index (χ2n) is 4.03. The Morgan fingerprint density at radius 1 is 1.26 bits per heavy atom. The number of nitrogens with zero attached hydrogens (tertiary/aromatic N) is 4. The highest BCUT2D eigenvalue weighted by Crippen LogP contribution is 2.27. The van der Waals surface area contributed by atoms with E-state index < -0.39 is 12.1 Å². The zero-order valence-electron chi connectivity index (χ0n) is 10.1. The third kappa shape index (κ3) is 3.75. The minimum atomic E-state index is -4.60. The summed E-state index contributed by atoms with van der Waals surface area (Å²) in [6.45, 7) is 0.662. The maximum atomic E-state index is 12.3. The van der Waals surface area contributed by atoms with E-state index in [1.807, 2.05) is 6.07 Å². The standard InChI is InChI=1S/C11H11F3N4O/c1-18(6-8-3-2-4-15-5-8)7-9-16-17-10(19-9)11(12,13)14/h2-5H,6-7H2,1H3. The first kappa shape index (κ1) is 13.5. The van der Waals surface area contributed by atoms with Crippen LogP contribution < -0.4 is 0 Å². The molecule has 8 heteroatoms. The number of halogens is 3. The molecule has 19 heavy (non-hydrogen) atoms. The van der Waals surface area contributed by atoms with E-state index >= 15 is 0 Å². The largest absolute Gasteiger partial charge is 0.470 e. The van der Waals surface area contributed by atoms with Crippen molar-refractivity contribution in [2.75, 3.05) is 7.05 Å². The Morgan fingerprint density at radius 3 is 2.63 bits per heavy atom. The van der Waals surface area contributed by atoms with Crippen LogP contribution in [0.2, 0.25) is 0 Å². The van der Waals surface area contributed by atoms with Crippen LogP contribution in [0, 0.1) is 0 Å². The van der Waals surface area contributed by atoms with Gasteiger partial charge in [0.1, 0.15) is 0 Å². The van der Waals surface area contributed by atoms with E-state index in [2.05, 4.69) is 19.6 Å². The molecule has 0 unspecified atom stereocenters. The van der Waals surface area contributed by atoms with Gasteiger partial charge in [0.2, 0.25) is 5.89 Å². The zero-order valence-corrected chi connectivity index (χ0v) is 10.1. The number of aromatic nitrogens is 3. The zero-order chi connectivity index (χ0) is 13.9. The van der Waals surface area contributed by atoms with Crippen molar-refractivity contribution < 1.29 is 17.6 Å². The number of rotatable bonds is 4. The van der Waals surface area contributed by atoms with Crippen molar-refractivity contribution in [3.63, 3.8) is 0 Å². The molecule has 0 spiro atoms. The van der Waals surface area contributed by atoms with E-state index in [1.165, 1.54) is 0 Å². The Balaban J connectivity index is 1.96. The van der Waals surface area contributed by atoms with Gasteiger partial charge >= 0.3 is 12.1 Å². The lowest BCUT2D eigenvalue weighted by atomic mass is 10.3. The molecule has 0 atom stereocenters. The van der Waals surface area contributed by atoms with E-state index in [4.69, 9.17) is 0 Å². The van der Waals surface area contributed by atoms with Gasteiger partial charge in [-0.25, -0.2) is 0 Å². The molecule has 0 bridgehead atoms. The summed E-state index contributed by atoms with van der Waals surface area (Å²) in [5.41, 5.74) is 0.945. The molecule has 0 aliphatic rings. The van der Waals surface area contributed by atoms with Gasteiger partial charge in [-0.15, -0.1) is 10.2 Å². The van der Waals surface area contributed by atoms with Crippen LogP contribution in [0.1, 0.15) is 17.3 Å². The highest BCUT2D eigenvalue weighted by molar-refractivity contribution is 5.08. The molecule has 0 saturated carbocycles. The van der Waals surface area contributed by atoms with Gasteiger partial charge in [0.15, 0.2) is 0 Å². The van der Waals surface area contributed by atoms with Crippen LogP contribution in [0.25, 0.3) is 0 Å². The van der Waals surface area contributed by atoms with Crippen molar-refractivity contribution in [1.29, 1.82) is 0 Å². The minimum absolute atomic E-state index is 0.0706. The van der Waals surface area contributed by atoms with Gasteiger partial charge in [-0.3, -0.25) is 9.88 Å². The SMILES string of the molecule is CN(Cc1cccnc1)Cc1nnc(C(F)(F)F)o1. The van der Waals surface area contributed by atoms with Gasteiger partial charge < -0.3 is 4.42 Å². The van der Waals surface area contributed by atoms with Crippen LogP contribution in [0.3, 0.4) is 0 Å². The van der Waals surface area contributed by atoms with Gasteiger partial charge in [0.25, 0.3) is 0 Å². The first-order chi connectivity index (χ1) is 8.95. The Kier molecular flexibility index (Phi) is 3.79. The molecule has 2 heterocycles. The predicted octanol–water partition coefficient (Wildman–Crippen LogP) is 2.12. The first-order valence-electron chi connectivity index (χ1n) is 5.42. The molecule has 5 nitrogen and oxygen atoms in total. The number of hydrogen-bond donors (Lipinski definition) is 0. The quantitative estimate of drug-likeness (QED) is 0.853. The number of pyridine rings is 1.